The number of esters is 1. The van der Waals surface area contributed by atoms with Crippen molar-refractivity contribution in [1.82, 2.24) is 14.9 Å². The molecule has 0 saturated heterocycles. The fourth-order valence-corrected chi connectivity index (χ4v) is 3.25. The van der Waals surface area contributed by atoms with Crippen LogP contribution in [-0.4, -0.2) is 61.0 Å². The van der Waals surface area contributed by atoms with Crippen LogP contribution in [0.3, 0.4) is 0 Å². The van der Waals surface area contributed by atoms with Gasteiger partial charge in [-0.25, -0.2) is 14.8 Å². The summed E-state index contributed by atoms with van der Waals surface area (Å²) in [6, 6.07) is 0. The maximum Gasteiger partial charge on any atom is 0.341 e. The molecule has 1 saturated carbocycles. The Morgan fingerprint density at radius 2 is 1.72 bits per heavy atom. The number of ether oxygens (including phenoxy) is 1. The Kier molecular flexibility index (Phi) is 6.33. The zero-order valence-corrected chi connectivity index (χ0v) is 15.6. The monoisotopic (exact) mass is 348 g/mol. The first-order chi connectivity index (χ1) is 11.9. The Balaban J connectivity index is 1.89. The summed E-state index contributed by atoms with van der Waals surface area (Å²) in [5.41, 5.74) is 0.0988. The Bertz CT molecular complexity index is 597. The molecule has 1 aliphatic carbocycles. The predicted molar refractivity (Wildman–Crippen MR) is 95.5 cm³/mol. The van der Waals surface area contributed by atoms with Crippen molar-refractivity contribution in [3.05, 3.63) is 18.0 Å². The van der Waals surface area contributed by atoms with Gasteiger partial charge in [-0.1, -0.05) is 26.2 Å². The highest BCUT2D eigenvalue weighted by molar-refractivity contribution is 5.88. The number of amides is 1. The Hall–Kier alpha value is -2.18. The van der Waals surface area contributed by atoms with Crippen LogP contribution in [-0.2, 0) is 9.53 Å². The fourth-order valence-electron chi connectivity index (χ4n) is 3.25. The molecule has 0 aliphatic heterocycles. The van der Waals surface area contributed by atoms with Crippen molar-refractivity contribution in [1.29, 1.82) is 0 Å². The number of anilines is 1. The van der Waals surface area contributed by atoms with E-state index in [1.54, 1.807) is 0 Å². The van der Waals surface area contributed by atoms with Gasteiger partial charge >= 0.3 is 5.97 Å². The van der Waals surface area contributed by atoms with Crippen molar-refractivity contribution in [2.24, 2.45) is 5.41 Å². The summed E-state index contributed by atoms with van der Waals surface area (Å²) in [5.74, 6) is 0.278. The highest BCUT2D eigenvalue weighted by Gasteiger charge is 2.36. The van der Waals surface area contributed by atoms with E-state index in [2.05, 4.69) is 21.6 Å². The van der Waals surface area contributed by atoms with E-state index in [0.717, 1.165) is 25.7 Å². The Morgan fingerprint density at radius 3 is 2.28 bits per heavy atom. The number of methoxy groups -OCH3 is 1. The molecule has 2 rings (SSSR count). The van der Waals surface area contributed by atoms with Gasteiger partial charge in [-0.3, -0.25) is 4.79 Å². The number of carbonyl (C=O) groups is 2. The van der Waals surface area contributed by atoms with Gasteiger partial charge < -0.3 is 14.5 Å². The van der Waals surface area contributed by atoms with Gasteiger partial charge in [0.25, 0.3) is 0 Å². The summed E-state index contributed by atoms with van der Waals surface area (Å²) in [7, 11) is 5.05. The van der Waals surface area contributed by atoms with Gasteiger partial charge in [0.2, 0.25) is 11.9 Å². The molecular weight excluding hydrogens is 320 g/mol. The molecule has 7 nitrogen and oxygen atoms in total. The fraction of sp³-hybridized carbons (Fsp3) is 0.667. The lowest BCUT2D eigenvalue weighted by Gasteiger charge is -2.36. The van der Waals surface area contributed by atoms with E-state index in [1.807, 2.05) is 23.9 Å². The van der Waals surface area contributed by atoms with Gasteiger partial charge in [0, 0.05) is 45.0 Å². The van der Waals surface area contributed by atoms with Crippen LogP contribution in [0, 0.1) is 5.41 Å². The molecule has 1 aromatic heterocycles. The molecule has 0 radical (unpaired) electrons. The molecule has 0 bridgehead atoms. The number of likely N-dealkylation sites (N-methyl/N-ethyl adjacent to an activating group) is 2. The van der Waals surface area contributed by atoms with Gasteiger partial charge in [-0.2, -0.15) is 0 Å². The zero-order chi connectivity index (χ0) is 18.4. The van der Waals surface area contributed by atoms with Crippen molar-refractivity contribution in [3.63, 3.8) is 0 Å². The van der Waals surface area contributed by atoms with Crippen LogP contribution in [0.2, 0.25) is 0 Å². The molecule has 1 aliphatic rings. The lowest BCUT2D eigenvalue weighted by Crippen LogP contribution is -2.44. The predicted octanol–water partition coefficient (Wildman–Crippen LogP) is 2.13. The topological polar surface area (TPSA) is 75.6 Å². The Labute approximate surface area is 149 Å². The van der Waals surface area contributed by atoms with Crippen LogP contribution in [0.15, 0.2) is 12.4 Å². The molecule has 7 heteroatoms. The first-order valence-electron chi connectivity index (χ1n) is 8.74. The quantitative estimate of drug-likeness (QED) is 0.733. The van der Waals surface area contributed by atoms with Crippen molar-refractivity contribution in [2.45, 2.75) is 39.0 Å². The van der Waals surface area contributed by atoms with Gasteiger partial charge in [-0.15, -0.1) is 0 Å². The molecule has 0 unspecified atom stereocenters. The maximum absolute atomic E-state index is 12.7. The molecule has 1 fully saturated rings. The molecule has 138 valence electrons. The molecule has 0 N–H and O–H groups in total. The number of nitrogens with zero attached hydrogens (tertiary/aromatic N) is 4. The maximum atomic E-state index is 12.7. The number of hydrogen-bond acceptors (Lipinski definition) is 6. The second-order valence-corrected chi connectivity index (χ2v) is 7.03. The summed E-state index contributed by atoms with van der Waals surface area (Å²) in [6.07, 6.45) is 8.35. The number of hydrogen-bond donors (Lipinski definition) is 0. The average molecular weight is 348 g/mol. The van der Waals surface area contributed by atoms with Gasteiger partial charge in [0.1, 0.15) is 0 Å². The summed E-state index contributed by atoms with van der Waals surface area (Å²) in [4.78, 5) is 36.2. The molecule has 0 atom stereocenters. The van der Waals surface area contributed by atoms with Crippen LogP contribution in [0.5, 0.6) is 0 Å². The Morgan fingerprint density at radius 1 is 1.12 bits per heavy atom. The summed E-state index contributed by atoms with van der Waals surface area (Å²) in [5, 5.41) is 0. The highest BCUT2D eigenvalue weighted by atomic mass is 16.5. The summed E-state index contributed by atoms with van der Waals surface area (Å²) >= 11 is 0. The summed E-state index contributed by atoms with van der Waals surface area (Å²) < 4.78 is 4.63. The lowest BCUT2D eigenvalue weighted by atomic mass is 9.75. The molecule has 1 aromatic rings. The smallest absolute Gasteiger partial charge is 0.341 e. The van der Waals surface area contributed by atoms with Crippen LogP contribution in [0.4, 0.5) is 5.95 Å². The van der Waals surface area contributed by atoms with Crippen molar-refractivity contribution >= 4 is 17.8 Å². The zero-order valence-electron chi connectivity index (χ0n) is 15.6. The van der Waals surface area contributed by atoms with Crippen LogP contribution in [0.25, 0.3) is 0 Å². The second-order valence-electron chi connectivity index (χ2n) is 7.03. The van der Waals surface area contributed by atoms with Crippen molar-refractivity contribution < 1.29 is 14.3 Å². The van der Waals surface area contributed by atoms with E-state index in [0.29, 0.717) is 24.6 Å². The highest BCUT2D eigenvalue weighted by Crippen LogP contribution is 2.37. The standard InChI is InChI=1S/C18H28N4O3/c1-18(8-6-5-7-9-18)16(24)21(2)10-11-22(3)17-19-12-14(13-20-17)15(23)25-4/h12-13H,5-11H2,1-4H3. The van der Waals surface area contributed by atoms with E-state index in [9.17, 15) is 9.59 Å². The van der Waals surface area contributed by atoms with E-state index < -0.39 is 5.97 Å². The minimum Gasteiger partial charge on any atom is -0.465 e. The second kappa shape index (κ2) is 8.27. The normalized spacial score (nSPS) is 16.2. The lowest BCUT2D eigenvalue weighted by molar-refractivity contribution is -0.141. The van der Waals surface area contributed by atoms with Crippen molar-refractivity contribution in [3.8, 4) is 0 Å². The number of carbonyl (C=O) groups excluding carboxylic acids is 2. The van der Waals surface area contributed by atoms with Gasteiger partial charge in [0.15, 0.2) is 0 Å². The molecule has 0 aromatic carbocycles. The van der Waals surface area contributed by atoms with Crippen molar-refractivity contribution in [2.75, 3.05) is 39.2 Å². The van der Waals surface area contributed by atoms with Gasteiger partial charge in [0.05, 0.1) is 12.7 Å². The van der Waals surface area contributed by atoms with Crippen LogP contribution in [0.1, 0.15) is 49.4 Å². The van der Waals surface area contributed by atoms with Crippen LogP contribution < -0.4 is 4.90 Å². The molecule has 25 heavy (non-hydrogen) atoms. The largest absolute Gasteiger partial charge is 0.465 e. The first kappa shape index (κ1) is 19.1. The third kappa shape index (κ3) is 4.67. The third-order valence-corrected chi connectivity index (χ3v) is 4.99. The first-order valence-corrected chi connectivity index (χ1v) is 8.74. The molecule has 0 spiro atoms. The molecular formula is C18H28N4O3. The van der Waals surface area contributed by atoms with E-state index >= 15 is 0 Å². The SMILES string of the molecule is COC(=O)c1cnc(N(C)CCN(C)C(=O)C2(C)CCCCC2)nc1. The average Bonchev–Trinajstić information content (AvgIpc) is 2.65. The minimum atomic E-state index is -0.458. The number of aromatic nitrogens is 2. The summed E-state index contributed by atoms with van der Waals surface area (Å²) in [6.45, 7) is 3.31. The number of rotatable bonds is 6. The van der Waals surface area contributed by atoms with E-state index in [1.165, 1.54) is 25.9 Å². The van der Waals surface area contributed by atoms with Gasteiger partial charge in [-0.05, 0) is 12.8 Å². The molecule has 1 heterocycles. The minimum absolute atomic E-state index is 0.218. The van der Waals surface area contributed by atoms with Crippen LogP contribution >= 0.6 is 0 Å². The third-order valence-electron chi connectivity index (χ3n) is 4.99. The van der Waals surface area contributed by atoms with E-state index in [-0.39, 0.29) is 11.3 Å². The van der Waals surface area contributed by atoms with E-state index in [4.69, 9.17) is 0 Å². The molecule has 1 amide bonds.